The molecule has 0 aromatic heterocycles. The van der Waals surface area contributed by atoms with Gasteiger partial charge in [0.05, 0.1) is 34.4 Å². The number of nitrogens with zero attached hydrogens (tertiary/aromatic N) is 1. The van der Waals surface area contributed by atoms with E-state index in [1.54, 1.807) is 0 Å². The molecular formula is C54H102NO8+. The summed E-state index contributed by atoms with van der Waals surface area (Å²) in [5, 5.41) is 9.67. The zero-order valence-electron chi connectivity index (χ0n) is 42.0. The molecule has 0 bridgehead atoms. The van der Waals surface area contributed by atoms with Gasteiger partial charge in [0.25, 0.3) is 6.29 Å². The van der Waals surface area contributed by atoms with E-state index in [-0.39, 0.29) is 32.2 Å². The van der Waals surface area contributed by atoms with Gasteiger partial charge >= 0.3 is 17.9 Å². The molecule has 9 nitrogen and oxygen atoms in total. The van der Waals surface area contributed by atoms with Gasteiger partial charge in [0.1, 0.15) is 13.2 Å². The van der Waals surface area contributed by atoms with Gasteiger partial charge in [-0.3, -0.25) is 9.59 Å². The maximum Gasteiger partial charge on any atom is 0.361 e. The molecular weight excluding hydrogens is 791 g/mol. The summed E-state index contributed by atoms with van der Waals surface area (Å²) < 4.78 is 22.8. The van der Waals surface area contributed by atoms with E-state index in [0.717, 1.165) is 51.4 Å². The van der Waals surface area contributed by atoms with Crippen LogP contribution in [0.3, 0.4) is 0 Å². The summed E-state index contributed by atoms with van der Waals surface area (Å²) in [6, 6.07) is 0. The highest BCUT2D eigenvalue weighted by atomic mass is 16.7. The van der Waals surface area contributed by atoms with Crippen molar-refractivity contribution in [3.05, 3.63) is 24.3 Å². The van der Waals surface area contributed by atoms with Crippen molar-refractivity contribution in [3.63, 3.8) is 0 Å². The molecule has 0 amide bonds. The second kappa shape index (κ2) is 46.3. The summed E-state index contributed by atoms with van der Waals surface area (Å²) in [6.45, 7) is 4.88. The number of carboxylic acid groups (broad SMARTS) is 1. The van der Waals surface area contributed by atoms with Crippen LogP contribution < -0.4 is 0 Å². The average molecular weight is 893 g/mol. The van der Waals surface area contributed by atoms with Crippen LogP contribution in [-0.4, -0.2) is 87.4 Å². The molecule has 0 aliphatic heterocycles. The van der Waals surface area contributed by atoms with Gasteiger partial charge in [0.15, 0.2) is 6.10 Å². The van der Waals surface area contributed by atoms with E-state index < -0.39 is 24.3 Å². The number of carboxylic acids is 1. The maximum absolute atomic E-state index is 12.8. The van der Waals surface area contributed by atoms with Gasteiger partial charge in [-0.15, -0.1) is 0 Å². The van der Waals surface area contributed by atoms with Gasteiger partial charge in [-0.05, 0) is 44.9 Å². The lowest BCUT2D eigenvalue weighted by Gasteiger charge is -2.25. The Morgan fingerprint density at radius 1 is 0.476 bits per heavy atom. The Labute approximate surface area is 388 Å². The molecule has 0 rings (SSSR count). The van der Waals surface area contributed by atoms with E-state index in [1.165, 1.54) is 161 Å². The number of ether oxygens (including phenoxy) is 4. The molecule has 370 valence electrons. The summed E-state index contributed by atoms with van der Waals surface area (Å²) in [5.41, 5.74) is 0. The highest BCUT2D eigenvalue weighted by Crippen LogP contribution is 2.16. The van der Waals surface area contributed by atoms with Crippen molar-refractivity contribution in [2.45, 2.75) is 257 Å². The summed E-state index contributed by atoms with van der Waals surface area (Å²) in [4.78, 5) is 37.3. The molecule has 0 radical (unpaired) electrons. The Balaban J connectivity index is 4.30. The quantitative estimate of drug-likeness (QED) is 0.0211. The highest BCUT2D eigenvalue weighted by molar-refractivity contribution is 5.71. The lowest BCUT2D eigenvalue weighted by molar-refractivity contribution is -0.870. The van der Waals surface area contributed by atoms with E-state index in [2.05, 4.69) is 38.2 Å². The number of carbonyl (C=O) groups excluding carboxylic acids is 2. The van der Waals surface area contributed by atoms with Crippen LogP contribution in [0.25, 0.3) is 0 Å². The second-order valence-corrected chi connectivity index (χ2v) is 19.2. The number of esters is 2. The zero-order valence-corrected chi connectivity index (χ0v) is 42.0. The van der Waals surface area contributed by atoms with Crippen LogP contribution >= 0.6 is 0 Å². The van der Waals surface area contributed by atoms with Crippen molar-refractivity contribution in [2.75, 3.05) is 47.5 Å². The minimum absolute atomic E-state index is 0.181. The van der Waals surface area contributed by atoms with Gasteiger partial charge in [-0.1, -0.05) is 212 Å². The molecule has 2 unspecified atom stereocenters. The third-order valence-corrected chi connectivity index (χ3v) is 11.7. The van der Waals surface area contributed by atoms with Crippen molar-refractivity contribution >= 4 is 17.9 Å². The van der Waals surface area contributed by atoms with Crippen LogP contribution in [-0.2, 0) is 33.3 Å². The van der Waals surface area contributed by atoms with Gasteiger partial charge in [-0.2, -0.15) is 0 Å². The van der Waals surface area contributed by atoms with Gasteiger partial charge in [0.2, 0.25) is 0 Å². The summed E-state index contributed by atoms with van der Waals surface area (Å²) in [5.74, 6) is -2.00. The molecule has 0 heterocycles. The third kappa shape index (κ3) is 47.5. The summed E-state index contributed by atoms with van der Waals surface area (Å²) in [7, 11) is 5.97. The van der Waals surface area contributed by atoms with Gasteiger partial charge in [0, 0.05) is 12.8 Å². The van der Waals surface area contributed by atoms with Crippen LogP contribution in [0.2, 0.25) is 0 Å². The molecule has 63 heavy (non-hydrogen) atoms. The SMILES string of the molecule is CCCCCC/C=C\C/C=C\CCCCCCCCCC(=O)OC(COC(=O)CCCCCCCCCCCCCCCCCCCCCC)COC(OCC[N+](C)(C)C)C(=O)O. The molecule has 0 aliphatic rings. The standard InChI is InChI=1S/C54H101NO8/c1-6-8-10-12-14-16-18-20-22-24-26-27-29-30-32-34-36-38-40-42-44-51(56)61-48-50(49-62-54(53(58)59)60-47-46-55(3,4)5)63-52(57)45-43-41-39-37-35-33-31-28-25-23-21-19-17-15-13-11-9-7-2/h17,19,23,25,50,54H,6-16,18,20-22,24,26-49H2,1-5H3/p+1/b19-17-,25-23-. The maximum atomic E-state index is 12.8. The molecule has 1 N–H and O–H groups in total. The predicted molar refractivity (Wildman–Crippen MR) is 263 cm³/mol. The smallest absolute Gasteiger partial charge is 0.361 e. The number of carbonyl (C=O) groups is 3. The first-order valence-corrected chi connectivity index (χ1v) is 26.5. The number of rotatable bonds is 49. The Kier molecular flexibility index (Phi) is 44.7. The van der Waals surface area contributed by atoms with Crippen LogP contribution in [0.15, 0.2) is 24.3 Å². The Hall–Kier alpha value is -2.23. The Morgan fingerprint density at radius 3 is 1.27 bits per heavy atom. The second-order valence-electron chi connectivity index (χ2n) is 19.2. The highest BCUT2D eigenvalue weighted by Gasteiger charge is 2.25. The topological polar surface area (TPSA) is 108 Å². The van der Waals surface area contributed by atoms with E-state index >= 15 is 0 Å². The van der Waals surface area contributed by atoms with E-state index in [0.29, 0.717) is 23.9 Å². The number of allylic oxidation sites excluding steroid dienone is 4. The van der Waals surface area contributed by atoms with Crippen molar-refractivity contribution in [1.82, 2.24) is 0 Å². The largest absolute Gasteiger partial charge is 0.477 e. The summed E-state index contributed by atoms with van der Waals surface area (Å²) >= 11 is 0. The molecule has 0 aromatic rings. The molecule has 0 fully saturated rings. The van der Waals surface area contributed by atoms with Gasteiger partial charge in [-0.25, -0.2) is 4.79 Å². The normalized spacial score (nSPS) is 13.0. The number of aliphatic carboxylic acids is 1. The molecule has 0 aromatic carbocycles. The van der Waals surface area contributed by atoms with Crippen LogP contribution in [0, 0.1) is 0 Å². The number of hydrogen-bond donors (Lipinski definition) is 1. The number of likely N-dealkylation sites (N-methyl/N-ethyl adjacent to an activating group) is 1. The Morgan fingerprint density at radius 2 is 0.857 bits per heavy atom. The zero-order chi connectivity index (χ0) is 46.3. The third-order valence-electron chi connectivity index (χ3n) is 11.7. The molecule has 0 saturated carbocycles. The molecule has 0 spiro atoms. The van der Waals surface area contributed by atoms with E-state index in [1.807, 2.05) is 21.1 Å². The number of unbranched alkanes of at least 4 members (excludes halogenated alkanes) is 30. The van der Waals surface area contributed by atoms with Crippen LogP contribution in [0.4, 0.5) is 0 Å². The minimum Gasteiger partial charge on any atom is -0.477 e. The fraction of sp³-hybridized carbons (Fsp3) is 0.870. The summed E-state index contributed by atoms with van der Waals surface area (Å²) in [6.07, 6.45) is 49.5. The molecule has 0 saturated heterocycles. The van der Waals surface area contributed by atoms with Gasteiger partial charge < -0.3 is 28.5 Å². The Bertz CT molecular complexity index is 1090. The van der Waals surface area contributed by atoms with E-state index in [9.17, 15) is 19.5 Å². The van der Waals surface area contributed by atoms with Crippen molar-refractivity contribution in [1.29, 1.82) is 0 Å². The first kappa shape index (κ1) is 60.8. The first-order chi connectivity index (χ1) is 30.6. The van der Waals surface area contributed by atoms with Crippen molar-refractivity contribution in [2.24, 2.45) is 0 Å². The fourth-order valence-corrected chi connectivity index (χ4v) is 7.57. The lowest BCUT2D eigenvalue weighted by Crippen LogP contribution is -2.40. The van der Waals surface area contributed by atoms with Crippen molar-refractivity contribution < 1.29 is 42.9 Å². The first-order valence-electron chi connectivity index (χ1n) is 26.5. The van der Waals surface area contributed by atoms with Crippen molar-refractivity contribution in [3.8, 4) is 0 Å². The monoisotopic (exact) mass is 893 g/mol. The van der Waals surface area contributed by atoms with E-state index in [4.69, 9.17) is 18.9 Å². The number of hydrogen-bond acceptors (Lipinski definition) is 7. The molecule has 2 atom stereocenters. The minimum atomic E-state index is -1.51. The predicted octanol–water partition coefficient (Wildman–Crippen LogP) is 14.8. The molecule has 0 aliphatic carbocycles. The average Bonchev–Trinajstić information content (AvgIpc) is 3.24. The number of quaternary nitrogens is 1. The lowest BCUT2D eigenvalue weighted by atomic mass is 10.0. The van der Waals surface area contributed by atoms with Crippen LogP contribution in [0.1, 0.15) is 245 Å². The molecule has 9 heteroatoms. The fourth-order valence-electron chi connectivity index (χ4n) is 7.57. The van der Waals surface area contributed by atoms with Crippen LogP contribution in [0.5, 0.6) is 0 Å².